The molecule has 2 aliphatic rings. The van der Waals surface area contributed by atoms with Crippen LogP contribution in [-0.2, 0) is 29.2 Å². The molecule has 0 spiro atoms. The van der Waals surface area contributed by atoms with Crippen molar-refractivity contribution in [3.05, 3.63) is 11.6 Å². The number of rotatable bonds is 2. The Labute approximate surface area is 113 Å². The fraction of sp³-hybridized carbons (Fsp3) is 0.833. The number of nitrogens with two attached hydrogens (primary N) is 1. The summed E-state index contributed by atoms with van der Waals surface area (Å²) in [5, 5.41) is 4.51. The molecule has 2 aliphatic heterocycles. The molecular formula is C12H20N4O2S. The first-order chi connectivity index (χ1) is 9.02. The van der Waals surface area contributed by atoms with Gasteiger partial charge < -0.3 is 5.73 Å². The van der Waals surface area contributed by atoms with Gasteiger partial charge in [0.2, 0.25) is 0 Å². The molecule has 0 radical (unpaired) electrons. The van der Waals surface area contributed by atoms with E-state index in [4.69, 9.17) is 5.73 Å². The lowest BCUT2D eigenvalue weighted by atomic mass is 9.99. The standard InChI is InChI=1S/C12H20N4O2S/c13-10-1-2-12-14-11(15-16(12)8-10)7-9-3-5-19(17,18)6-4-9/h9-10H,1-8,13H2. The molecule has 1 atom stereocenters. The summed E-state index contributed by atoms with van der Waals surface area (Å²) < 4.78 is 24.7. The SMILES string of the molecule is NC1CCc2nc(CC3CCS(=O)(=O)CC3)nn2C1. The Hall–Kier alpha value is -0.950. The molecule has 0 aliphatic carbocycles. The van der Waals surface area contributed by atoms with Gasteiger partial charge >= 0.3 is 0 Å². The van der Waals surface area contributed by atoms with Gasteiger partial charge in [-0.1, -0.05) is 0 Å². The van der Waals surface area contributed by atoms with Crippen LogP contribution in [0.25, 0.3) is 0 Å². The Bertz CT molecular complexity index is 552. The summed E-state index contributed by atoms with van der Waals surface area (Å²) in [5.74, 6) is 2.92. The first-order valence-electron chi connectivity index (χ1n) is 6.90. The Kier molecular flexibility index (Phi) is 3.34. The fourth-order valence-corrected chi connectivity index (χ4v) is 4.46. The van der Waals surface area contributed by atoms with Gasteiger partial charge in [0.05, 0.1) is 18.1 Å². The van der Waals surface area contributed by atoms with Crippen molar-refractivity contribution in [2.24, 2.45) is 11.7 Å². The first-order valence-corrected chi connectivity index (χ1v) is 8.72. The lowest BCUT2D eigenvalue weighted by molar-refractivity contribution is 0.417. The number of hydrogen-bond donors (Lipinski definition) is 1. The van der Waals surface area contributed by atoms with E-state index < -0.39 is 9.84 Å². The van der Waals surface area contributed by atoms with E-state index in [2.05, 4.69) is 10.1 Å². The zero-order valence-corrected chi connectivity index (χ0v) is 11.8. The van der Waals surface area contributed by atoms with E-state index in [1.165, 1.54) is 0 Å². The second-order valence-corrected chi connectivity index (χ2v) is 8.03. The smallest absolute Gasteiger partial charge is 0.151 e. The molecule has 3 rings (SSSR count). The quantitative estimate of drug-likeness (QED) is 0.820. The molecule has 0 aromatic carbocycles. The van der Waals surface area contributed by atoms with E-state index in [9.17, 15) is 8.42 Å². The van der Waals surface area contributed by atoms with Crippen molar-refractivity contribution in [2.45, 2.75) is 44.7 Å². The zero-order valence-electron chi connectivity index (χ0n) is 11.0. The summed E-state index contributed by atoms with van der Waals surface area (Å²) in [5.41, 5.74) is 5.92. The molecule has 3 heterocycles. The van der Waals surface area contributed by atoms with Crippen LogP contribution < -0.4 is 5.73 Å². The number of nitrogens with zero attached hydrogens (tertiary/aromatic N) is 3. The molecule has 1 fully saturated rings. The van der Waals surface area contributed by atoms with Crippen molar-refractivity contribution in [3.63, 3.8) is 0 Å². The predicted octanol–water partition coefficient (Wildman–Crippen LogP) is -0.0811. The third-order valence-electron chi connectivity index (χ3n) is 4.08. The fourth-order valence-electron chi connectivity index (χ4n) is 2.87. The van der Waals surface area contributed by atoms with Crippen molar-refractivity contribution >= 4 is 9.84 Å². The van der Waals surface area contributed by atoms with Crippen molar-refractivity contribution < 1.29 is 8.42 Å². The minimum Gasteiger partial charge on any atom is -0.326 e. The molecule has 2 N–H and O–H groups in total. The van der Waals surface area contributed by atoms with Gasteiger partial charge in [-0.3, -0.25) is 0 Å². The summed E-state index contributed by atoms with van der Waals surface area (Å²) >= 11 is 0. The number of aromatic nitrogens is 3. The second kappa shape index (κ2) is 4.86. The summed E-state index contributed by atoms with van der Waals surface area (Å²) in [4.78, 5) is 4.56. The number of sulfone groups is 1. The van der Waals surface area contributed by atoms with Crippen LogP contribution in [0.2, 0.25) is 0 Å². The van der Waals surface area contributed by atoms with Crippen molar-refractivity contribution in [1.29, 1.82) is 0 Å². The van der Waals surface area contributed by atoms with E-state index in [-0.39, 0.29) is 6.04 Å². The molecule has 6 nitrogen and oxygen atoms in total. The van der Waals surface area contributed by atoms with E-state index in [1.807, 2.05) is 4.68 Å². The molecular weight excluding hydrogens is 264 g/mol. The second-order valence-electron chi connectivity index (χ2n) is 5.72. The lowest BCUT2D eigenvalue weighted by Crippen LogP contribution is -2.32. The first kappa shape index (κ1) is 13.1. The third-order valence-corrected chi connectivity index (χ3v) is 5.80. The van der Waals surface area contributed by atoms with Gasteiger partial charge in [-0.15, -0.1) is 0 Å². The number of hydrogen-bond acceptors (Lipinski definition) is 5. The summed E-state index contributed by atoms with van der Waals surface area (Å²) in [7, 11) is -2.78. The molecule has 0 bridgehead atoms. The average Bonchev–Trinajstić information content (AvgIpc) is 2.73. The average molecular weight is 284 g/mol. The van der Waals surface area contributed by atoms with Crippen LogP contribution in [0.15, 0.2) is 0 Å². The summed E-state index contributed by atoms with van der Waals surface area (Å²) in [6.07, 6.45) is 4.15. The zero-order chi connectivity index (χ0) is 13.5. The molecule has 1 aromatic rings. The van der Waals surface area contributed by atoms with Crippen LogP contribution in [0, 0.1) is 5.92 Å². The van der Waals surface area contributed by atoms with Crippen LogP contribution in [0.1, 0.15) is 30.9 Å². The van der Waals surface area contributed by atoms with Gasteiger partial charge in [0, 0.05) is 18.9 Å². The van der Waals surface area contributed by atoms with E-state index in [0.717, 1.165) is 50.3 Å². The monoisotopic (exact) mass is 284 g/mol. The van der Waals surface area contributed by atoms with E-state index in [0.29, 0.717) is 17.4 Å². The minimum absolute atomic E-state index is 0.182. The Morgan fingerprint density at radius 3 is 2.74 bits per heavy atom. The molecule has 1 aromatic heterocycles. The molecule has 0 amide bonds. The van der Waals surface area contributed by atoms with Gasteiger partial charge in [0.25, 0.3) is 0 Å². The minimum atomic E-state index is -2.78. The third kappa shape index (κ3) is 2.97. The highest BCUT2D eigenvalue weighted by Gasteiger charge is 2.26. The van der Waals surface area contributed by atoms with Gasteiger partial charge in [-0.05, 0) is 25.2 Å². The van der Waals surface area contributed by atoms with Crippen molar-refractivity contribution in [1.82, 2.24) is 14.8 Å². The highest BCUT2D eigenvalue weighted by Crippen LogP contribution is 2.22. The van der Waals surface area contributed by atoms with E-state index >= 15 is 0 Å². The van der Waals surface area contributed by atoms with Gasteiger partial charge in [0.15, 0.2) is 5.82 Å². The normalized spacial score (nSPS) is 27.1. The van der Waals surface area contributed by atoms with Gasteiger partial charge in [0.1, 0.15) is 15.7 Å². The number of fused-ring (bicyclic) bond motifs is 1. The van der Waals surface area contributed by atoms with Crippen LogP contribution in [0.4, 0.5) is 0 Å². The number of aryl methyl sites for hydroxylation is 1. The van der Waals surface area contributed by atoms with E-state index in [1.54, 1.807) is 0 Å². The molecule has 1 saturated heterocycles. The summed E-state index contributed by atoms with van der Waals surface area (Å²) in [6.45, 7) is 0.751. The van der Waals surface area contributed by atoms with Crippen LogP contribution in [-0.4, -0.2) is 40.7 Å². The maximum absolute atomic E-state index is 11.4. The van der Waals surface area contributed by atoms with Crippen molar-refractivity contribution in [2.75, 3.05) is 11.5 Å². The van der Waals surface area contributed by atoms with Crippen LogP contribution in [0.3, 0.4) is 0 Å². The molecule has 106 valence electrons. The predicted molar refractivity (Wildman–Crippen MR) is 71.4 cm³/mol. The maximum Gasteiger partial charge on any atom is 0.151 e. The van der Waals surface area contributed by atoms with Gasteiger partial charge in [-0.25, -0.2) is 18.1 Å². The molecule has 0 saturated carbocycles. The van der Waals surface area contributed by atoms with Crippen LogP contribution in [0.5, 0.6) is 0 Å². The topological polar surface area (TPSA) is 90.9 Å². The van der Waals surface area contributed by atoms with Crippen molar-refractivity contribution in [3.8, 4) is 0 Å². The Morgan fingerprint density at radius 2 is 2.00 bits per heavy atom. The van der Waals surface area contributed by atoms with Gasteiger partial charge in [-0.2, -0.15) is 5.10 Å². The molecule has 19 heavy (non-hydrogen) atoms. The molecule has 1 unspecified atom stereocenters. The maximum atomic E-state index is 11.4. The highest BCUT2D eigenvalue weighted by molar-refractivity contribution is 7.91. The Morgan fingerprint density at radius 1 is 1.26 bits per heavy atom. The Balaban J connectivity index is 1.65. The lowest BCUT2D eigenvalue weighted by Gasteiger charge is -2.20. The summed E-state index contributed by atoms with van der Waals surface area (Å²) in [6, 6.07) is 0.182. The molecule has 7 heteroatoms. The highest BCUT2D eigenvalue weighted by atomic mass is 32.2. The largest absolute Gasteiger partial charge is 0.326 e. The van der Waals surface area contributed by atoms with Crippen LogP contribution >= 0.6 is 0 Å².